The fraction of sp³-hybridized carbons (Fsp3) is 0.0476. The summed E-state index contributed by atoms with van der Waals surface area (Å²) >= 11 is 0. The summed E-state index contributed by atoms with van der Waals surface area (Å²) < 4.78 is 11.1. The minimum atomic E-state index is -0.227. The van der Waals surface area contributed by atoms with Gasteiger partial charge in [0.2, 0.25) is 0 Å². The Hall–Kier alpha value is -3.80. The Kier molecular flexibility index (Phi) is 4.45. The van der Waals surface area contributed by atoms with Crippen molar-refractivity contribution >= 4 is 11.6 Å². The van der Waals surface area contributed by atoms with Gasteiger partial charge in [0, 0.05) is 37.3 Å². The molecule has 4 rings (SSSR count). The maximum Gasteiger partial charge on any atom is 0.293 e. The van der Waals surface area contributed by atoms with E-state index < -0.39 is 0 Å². The number of hydrogen-bond donors (Lipinski definition) is 1. The molecule has 3 aromatic heterocycles. The van der Waals surface area contributed by atoms with Gasteiger partial charge in [0.15, 0.2) is 5.76 Å². The van der Waals surface area contributed by atoms with Crippen LogP contribution in [0.25, 0.3) is 11.4 Å². The Bertz CT molecular complexity index is 1040. The Labute approximate surface area is 156 Å². The topological polar surface area (TPSA) is 71.4 Å². The van der Waals surface area contributed by atoms with E-state index in [0.29, 0.717) is 17.2 Å². The van der Waals surface area contributed by atoms with Crippen LogP contribution in [0.15, 0.2) is 83.7 Å². The predicted octanol–water partition coefficient (Wildman–Crippen LogP) is 4.74. The molecule has 1 amide bonds. The minimum Gasteiger partial charge on any atom is -0.459 e. The monoisotopic (exact) mass is 359 g/mol. The van der Waals surface area contributed by atoms with Crippen molar-refractivity contribution in [3.63, 3.8) is 0 Å². The smallest absolute Gasteiger partial charge is 0.293 e. The van der Waals surface area contributed by atoms with Crippen molar-refractivity contribution in [3.8, 4) is 22.9 Å². The summed E-state index contributed by atoms with van der Waals surface area (Å²) in [4.78, 5) is 21.4. The van der Waals surface area contributed by atoms with Gasteiger partial charge in [-0.05, 0) is 42.5 Å². The highest BCUT2D eigenvalue weighted by Gasteiger charge is 2.16. The normalized spacial score (nSPS) is 10.6. The molecule has 0 aliphatic carbocycles. The molecular weight excluding hydrogens is 342 g/mol. The molecule has 4 aromatic rings. The summed E-state index contributed by atoms with van der Waals surface area (Å²) in [7, 11) is 1.69. The summed E-state index contributed by atoms with van der Waals surface area (Å²) in [5.74, 6) is 1.34. The first-order chi connectivity index (χ1) is 13.2. The van der Waals surface area contributed by atoms with Gasteiger partial charge in [0.05, 0.1) is 17.7 Å². The molecule has 1 N–H and O–H groups in total. The van der Waals surface area contributed by atoms with Crippen LogP contribution in [0.3, 0.4) is 0 Å². The first kappa shape index (κ1) is 16.7. The predicted molar refractivity (Wildman–Crippen MR) is 102 cm³/mol. The van der Waals surface area contributed by atoms with Crippen LogP contribution in [0.1, 0.15) is 10.6 Å². The van der Waals surface area contributed by atoms with Crippen molar-refractivity contribution in [2.75, 3.05) is 11.9 Å². The van der Waals surface area contributed by atoms with Crippen molar-refractivity contribution in [1.82, 2.24) is 9.97 Å². The molecule has 134 valence electrons. The van der Waals surface area contributed by atoms with Crippen LogP contribution >= 0.6 is 0 Å². The maximum absolute atomic E-state index is 12.4. The molecule has 0 radical (unpaired) electrons. The number of anilines is 1. The minimum absolute atomic E-state index is 0.227. The highest BCUT2D eigenvalue weighted by molar-refractivity contribution is 6.03. The number of pyridine rings is 1. The average molecular weight is 359 g/mol. The number of nitrogens with zero attached hydrogens (tertiary/aromatic N) is 2. The number of benzene rings is 1. The van der Waals surface area contributed by atoms with Gasteiger partial charge in [0.25, 0.3) is 5.91 Å². The van der Waals surface area contributed by atoms with Gasteiger partial charge in [-0.2, -0.15) is 0 Å². The number of furan rings is 1. The fourth-order valence-corrected chi connectivity index (χ4v) is 2.69. The van der Waals surface area contributed by atoms with E-state index >= 15 is 0 Å². The molecule has 0 unspecified atom stereocenters. The van der Waals surface area contributed by atoms with Crippen molar-refractivity contribution in [2.45, 2.75) is 0 Å². The lowest BCUT2D eigenvalue weighted by molar-refractivity contribution is 0.0966. The second-order valence-electron chi connectivity index (χ2n) is 5.90. The van der Waals surface area contributed by atoms with Crippen LogP contribution in [0.2, 0.25) is 0 Å². The maximum atomic E-state index is 12.4. The third-order valence-corrected chi connectivity index (χ3v) is 4.08. The zero-order valence-corrected chi connectivity index (χ0v) is 14.6. The molecule has 0 aliphatic heterocycles. The lowest BCUT2D eigenvalue weighted by atomic mass is 10.2. The van der Waals surface area contributed by atoms with Gasteiger partial charge >= 0.3 is 0 Å². The van der Waals surface area contributed by atoms with Crippen LogP contribution < -0.4 is 9.64 Å². The van der Waals surface area contributed by atoms with Crippen LogP contribution in [0.4, 0.5) is 5.69 Å². The van der Waals surface area contributed by atoms with E-state index in [4.69, 9.17) is 9.15 Å². The first-order valence-corrected chi connectivity index (χ1v) is 8.40. The molecule has 27 heavy (non-hydrogen) atoms. The van der Waals surface area contributed by atoms with Gasteiger partial charge < -0.3 is 19.0 Å². The zero-order valence-electron chi connectivity index (χ0n) is 14.6. The molecule has 1 aromatic carbocycles. The molecule has 0 saturated carbocycles. The van der Waals surface area contributed by atoms with E-state index in [1.54, 1.807) is 37.5 Å². The molecular formula is C21H17N3O3. The lowest BCUT2D eigenvalue weighted by Gasteiger charge is -2.17. The SMILES string of the molecule is CN(C(=O)c1ccco1)c1cccc(Oc2ccnc(-c3ccc[nH]3)c2)c1. The number of nitrogens with one attached hydrogen (secondary N) is 1. The van der Waals surface area contributed by atoms with E-state index in [1.807, 2.05) is 42.6 Å². The van der Waals surface area contributed by atoms with Crippen LogP contribution in [0.5, 0.6) is 11.5 Å². The second kappa shape index (κ2) is 7.21. The van der Waals surface area contributed by atoms with Gasteiger partial charge in [-0.15, -0.1) is 0 Å². The lowest BCUT2D eigenvalue weighted by Crippen LogP contribution is -2.25. The zero-order chi connectivity index (χ0) is 18.6. The highest BCUT2D eigenvalue weighted by atomic mass is 16.5. The number of aromatic amines is 1. The number of amides is 1. The number of rotatable bonds is 5. The number of ether oxygens (including phenoxy) is 1. The number of H-pyrrole nitrogens is 1. The summed E-state index contributed by atoms with van der Waals surface area (Å²) in [6.45, 7) is 0. The molecule has 0 saturated heterocycles. The fourth-order valence-electron chi connectivity index (χ4n) is 2.69. The molecule has 6 nitrogen and oxygen atoms in total. The summed E-state index contributed by atoms with van der Waals surface area (Å²) in [6, 6.07) is 18.1. The van der Waals surface area contributed by atoms with Crippen molar-refractivity contribution in [3.05, 3.63) is 85.1 Å². The Morgan fingerprint density at radius 2 is 1.96 bits per heavy atom. The standard InChI is InChI=1S/C21H17N3O3/c1-24(21(25)20-8-4-12-26-20)15-5-2-6-16(13-15)27-17-9-11-23-19(14-17)18-7-3-10-22-18/h2-14,22H,1H3. The number of hydrogen-bond acceptors (Lipinski definition) is 4. The van der Waals surface area contributed by atoms with Crippen molar-refractivity contribution in [2.24, 2.45) is 0 Å². The third kappa shape index (κ3) is 3.59. The number of carbonyl (C=O) groups is 1. The molecule has 0 bridgehead atoms. The Morgan fingerprint density at radius 1 is 1.07 bits per heavy atom. The van der Waals surface area contributed by atoms with Crippen LogP contribution in [-0.4, -0.2) is 22.9 Å². The van der Waals surface area contributed by atoms with Crippen molar-refractivity contribution < 1.29 is 13.9 Å². The van der Waals surface area contributed by atoms with E-state index in [9.17, 15) is 4.79 Å². The Morgan fingerprint density at radius 3 is 2.74 bits per heavy atom. The third-order valence-electron chi connectivity index (χ3n) is 4.08. The molecule has 6 heteroatoms. The van der Waals surface area contributed by atoms with E-state index in [0.717, 1.165) is 11.4 Å². The van der Waals surface area contributed by atoms with Gasteiger partial charge in [-0.1, -0.05) is 6.07 Å². The van der Waals surface area contributed by atoms with E-state index in [1.165, 1.54) is 11.2 Å². The summed E-state index contributed by atoms with van der Waals surface area (Å²) in [5.41, 5.74) is 2.41. The van der Waals surface area contributed by atoms with Gasteiger partial charge in [0.1, 0.15) is 11.5 Å². The number of carbonyl (C=O) groups excluding carboxylic acids is 1. The average Bonchev–Trinajstić information content (AvgIpc) is 3.41. The first-order valence-electron chi connectivity index (χ1n) is 8.40. The largest absolute Gasteiger partial charge is 0.459 e. The van der Waals surface area contributed by atoms with Gasteiger partial charge in [-0.25, -0.2) is 0 Å². The summed E-state index contributed by atoms with van der Waals surface area (Å²) in [6.07, 6.45) is 5.02. The molecule has 0 atom stereocenters. The van der Waals surface area contributed by atoms with Crippen molar-refractivity contribution in [1.29, 1.82) is 0 Å². The molecule has 0 aliphatic rings. The van der Waals surface area contributed by atoms with E-state index in [2.05, 4.69) is 9.97 Å². The molecule has 0 fully saturated rings. The van der Waals surface area contributed by atoms with Crippen LogP contribution in [0, 0.1) is 0 Å². The molecule has 0 spiro atoms. The van der Waals surface area contributed by atoms with Crippen LogP contribution in [-0.2, 0) is 0 Å². The second-order valence-corrected chi connectivity index (χ2v) is 5.90. The Balaban J connectivity index is 1.55. The van der Waals surface area contributed by atoms with Gasteiger partial charge in [-0.3, -0.25) is 9.78 Å². The number of aromatic nitrogens is 2. The highest BCUT2D eigenvalue weighted by Crippen LogP contribution is 2.28. The molecule has 3 heterocycles. The quantitative estimate of drug-likeness (QED) is 0.559. The van der Waals surface area contributed by atoms with E-state index in [-0.39, 0.29) is 11.7 Å². The summed E-state index contributed by atoms with van der Waals surface area (Å²) in [5, 5.41) is 0.